The molecule has 1 heterocycles. The zero-order chi connectivity index (χ0) is 14.9. The van der Waals surface area contributed by atoms with Crippen LogP contribution >= 0.6 is 34.8 Å². The van der Waals surface area contributed by atoms with Crippen LogP contribution in [0.4, 0.5) is 5.69 Å². The summed E-state index contributed by atoms with van der Waals surface area (Å²) in [7, 11) is -3.91. The first-order chi connectivity index (χ1) is 9.33. The monoisotopic (exact) mass is 354 g/mol. The van der Waals surface area contributed by atoms with Crippen molar-refractivity contribution in [3.8, 4) is 0 Å². The van der Waals surface area contributed by atoms with Gasteiger partial charge in [-0.1, -0.05) is 34.8 Å². The maximum Gasteiger partial charge on any atom is 0.295 e. The summed E-state index contributed by atoms with van der Waals surface area (Å²) < 4.78 is 31.6. The van der Waals surface area contributed by atoms with Crippen molar-refractivity contribution >= 4 is 50.5 Å². The lowest BCUT2D eigenvalue weighted by molar-refractivity contribution is 0.417. The van der Waals surface area contributed by atoms with Crippen LogP contribution in [0.1, 0.15) is 5.76 Å². The lowest BCUT2D eigenvalue weighted by atomic mass is 10.3. The fourth-order valence-electron chi connectivity index (χ4n) is 1.41. The van der Waals surface area contributed by atoms with E-state index in [9.17, 15) is 8.42 Å². The van der Waals surface area contributed by atoms with E-state index in [0.717, 1.165) is 0 Å². The Morgan fingerprint density at radius 3 is 2.35 bits per heavy atom. The summed E-state index contributed by atoms with van der Waals surface area (Å²) in [6.07, 6.45) is 0. The standard InChI is InChI=1S/C11H9Cl3N2O3S/c12-7-3-9(14)10(4-8(7)13)16-20(17,18)11-2-1-6(5-15)19-11/h1-4,16H,5,15H2. The van der Waals surface area contributed by atoms with Crippen molar-refractivity contribution in [1.29, 1.82) is 0 Å². The summed E-state index contributed by atoms with van der Waals surface area (Å²) in [5.74, 6) is 0.352. The van der Waals surface area contributed by atoms with E-state index in [0.29, 0.717) is 5.76 Å². The quantitative estimate of drug-likeness (QED) is 0.822. The number of furan rings is 1. The average molecular weight is 356 g/mol. The van der Waals surface area contributed by atoms with E-state index >= 15 is 0 Å². The number of benzene rings is 1. The Hall–Kier alpha value is -0.920. The van der Waals surface area contributed by atoms with Gasteiger partial charge in [-0.3, -0.25) is 4.72 Å². The lowest BCUT2D eigenvalue weighted by Gasteiger charge is -2.09. The molecule has 1 aromatic heterocycles. The maximum atomic E-state index is 12.1. The predicted molar refractivity (Wildman–Crippen MR) is 78.9 cm³/mol. The molecule has 0 saturated carbocycles. The van der Waals surface area contributed by atoms with Gasteiger partial charge in [-0.05, 0) is 24.3 Å². The van der Waals surface area contributed by atoms with Gasteiger partial charge < -0.3 is 10.2 Å². The molecule has 9 heteroatoms. The highest BCUT2D eigenvalue weighted by Gasteiger charge is 2.20. The van der Waals surface area contributed by atoms with Gasteiger partial charge >= 0.3 is 0 Å². The molecule has 2 aromatic rings. The third-order valence-corrected chi connectivity index (χ3v) is 4.63. The second-order valence-electron chi connectivity index (χ2n) is 3.78. The number of rotatable bonds is 4. The van der Waals surface area contributed by atoms with Crippen molar-refractivity contribution in [2.24, 2.45) is 5.73 Å². The lowest BCUT2D eigenvalue weighted by Crippen LogP contribution is -2.12. The van der Waals surface area contributed by atoms with Gasteiger partial charge in [0.1, 0.15) is 5.76 Å². The Morgan fingerprint density at radius 1 is 1.10 bits per heavy atom. The summed E-state index contributed by atoms with van der Waals surface area (Å²) in [5, 5.41) is 0.257. The van der Waals surface area contributed by atoms with Gasteiger partial charge in [-0.25, -0.2) is 0 Å². The predicted octanol–water partition coefficient (Wildman–Crippen LogP) is 3.50. The van der Waals surface area contributed by atoms with E-state index in [4.69, 9.17) is 45.0 Å². The fraction of sp³-hybridized carbons (Fsp3) is 0.0909. The van der Waals surface area contributed by atoms with Crippen LogP contribution in [0, 0.1) is 0 Å². The van der Waals surface area contributed by atoms with Crippen LogP contribution in [0.25, 0.3) is 0 Å². The molecule has 0 aliphatic heterocycles. The van der Waals surface area contributed by atoms with Crippen molar-refractivity contribution in [3.05, 3.63) is 45.1 Å². The van der Waals surface area contributed by atoms with Crippen LogP contribution in [0.2, 0.25) is 15.1 Å². The summed E-state index contributed by atoms with van der Waals surface area (Å²) in [6, 6.07) is 5.44. The Labute approximate surface area is 130 Å². The van der Waals surface area contributed by atoms with Gasteiger partial charge in [0.2, 0.25) is 5.09 Å². The third-order valence-electron chi connectivity index (χ3n) is 2.36. The second-order valence-corrected chi connectivity index (χ2v) is 6.61. The Kier molecular flexibility index (Phi) is 4.51. The SMILES string of the molecule is NCc1ccc(S(=O)(=O)Nc2cc(Cl)c(Cl)cc2Cl)o1. The molecule has 0 atom stereocenters. The average Bonchev–Trinajstić information content (AvgIpc) is 2.85. The highest BCUT2D eigenvalue weighted by atomic mass is 35.5. The molecule has 0 amide bonds. The number of hydrogen-bond donors (Lipinski definition) is 2. The summed E-state index contributed by atoms with van der Waals surface area (Å²) in [4.78, 5) is 0. The van der Waals surface area contributed by atoms with Gasteiger partial charge in [0.05, 0.1) is 27.3 Å². The molecule has 108 valence electrons. The molecule has 0 bridgehead atoms. The van der Waals surface area contributed by atoms with Gasteiger partial charge in [0.25, 0.3) is 10.0 Å². The molecule has 0 aliphatic rings. The first-order valence-corrected chi connectivity index (χ1v) is 7.91. The van der Waals surface area contributed by atoms with Crippen molar-refractivity contribution in [3.63, 3.8) is 0 Å². The van der Waals surface area contributed by atoms with E-state index in [1.165, 1.54) is 24.3 Å². The summed E-state index contributed by atoms with van der Waals surface area (Å²) in [6.45, 7) is 0.100. The van der Waals surface area contributed by atoms with Gasteiger partial charge in [0, 0.05) is 0 Å². The van der Waals surface area contributed by atoms with Crippen LogP contribution in [-0.4, -0.2) is 8.42 Å². The molecule has 0 unspecified atom stereocenters. The van der Waals surface area contributed by atoms with E-state index in [1.54, 1.807) is 0 Å². The number of nitrogens with two attached hydrogens (primary N) is 1. The molecule has 0 fully saturated rings. The first kappa shape index (κ1) is 15.5. The van der Waals surface area contributed by atoms with Crippen LogP contribution in [0.3, 0.4) is 0 Å². The van der Waals surface area contributed by atoms with E-state index < -0.39 is 10.0 Å². The molecule has 0 spiro atoms. The van der Waals surface area contributed by atoms with Gasteiger partial charge in [-0.15, -0.1) is 0 Å². The minimum absolute atomic E-state index is 0.100. The second kappa shape index (κ2) is 5.83. The van der Waals surface area contributed by atoms with Crippen molar-refractivity contribution in [2.45, 2.75) is 11.6 Å². The van der Waals surface area contributed by atoms with E-state index in [2.05, 4.69) is 4.72 Å². The van der Waals surface area contributed by atoms with Gasteiger partial charge in [-0.2, -0.15) is 8.42 Å². The normalized spacial score (nSPS) is 11.6. The van der Waals surface area contributed by atoms with Crippen molar-refractivity contribution < 1.29 is 12.8 Å². The molecule has 20 heavy (non-hydrogen) atoms. The molecular weight excluding hydrogens is 347 g/mol. The van der Waals surface area contributed by atoms with Crippen LogP contribution in [-0.2, 0) is 16.6 Å². The zero-order valence-corrected chi connectivity index (χ0v) is 12.9. The topological polar surface area (TPSA) is 85.3 Å². The minimum Gasteiger partial charge on any atom is -0.446 e. The van der Waals surface area contributed by atoms with Crippen LogP contribution in [0.15, 0.2) is 33.8 Å². The molecule has 0 aliphatic carbocycles. The molecule has 3 N–H and O–H groups in total. The molecule has 2 rings (SSSR count). The van der Waals surface area contributed by atoms with E-state index in [1.807, 2.05) is 0 Å². The highest BCUT2D eigenvalue weighted by Crippen LogP contribution is 2.33. The number of hydrogen-bond acceptors (Lipinski definition) is 4. The van der Waals surface area contributed by atoms with Crippen molar-refractivity contribution in [2.75, 3.05) is 4.72 Å². The summed E-state index contributed by atoms with van der Waals surface area (Å²) >= 11 is 17.5. The van der Waals surface area contributed by atoms with Crippen LogP contribution in [0.5, 0.6) is 0 Å². The fourth-order valence-corrected chi connectivity index (χ4v) is 3.08. The largest absolute Gasteiger partial charge is 0.446 e. The van der Waals surface area contributed by atoms with Crippen LogP contribution < -0.4 is 10.5 Å². The number of halogens is 3. The molecule has 0 saturated heterocycles. The number of nitrogens with one attached hydrogen (secondary N) is 1. The third kappa shape index (κ3) is 3.21. The van der Waals surface area contributed by atoms with E-state index in [-0.39, 0.29) is 32.4 Å². The molecular formula is C11H9Cl3N2O3S. The molecule has 1 aromatic carbocycles. The molecule has 0 radical (unpaired) electrons. The minimum atomic E-state index is -3.91. The Balaban J connectivity index is 2.35. The number of anilines is 1. The Morgan fingerprint density at radius 2 is 1.75 bits per heavy atom. The zero-order valence-electron chi connectivity index (χ0n) is 9.86. The Bertz CT molecular complexity index is 743. The first-order valence-electron chi connectivity index (χ1n) is 5.29. The smallest absolute Gasteiger partial charge is 0.295 e. The maximum absolute atomic E-state index is 12.1. The summed E-state index contributed by atoms with van der Waals surface area (Å²) in [5.41, 5.74) is 5.46. The van der Waals surface area contributed by atoms with Gasteiger partial charge in [0.15, 0.2) is 0 Å². The van der Waals surface area contributed by atoms with Crippen molar-refractivity contribution in [1.82, 2.24) is 0 Å². The molecule has 5 nitrogen and oxygen atoms in total. The number of sulfonamides is 1. The highest BCUT2D eigenvalue weighted by molar-refractivity contribution is 7.92.